The fourth-order valence-electron chi connectivity index (χ4n) is 4.97. The molecule has 0 radical (unpaired) electrons. The van der Waals surface area contributed by atoms with E-state index in [-0.39, 0.29) is 19.5 Å². The number of amides is 5. The van der Waals surface area contributed by atoms with Crippen molar-refractivity contribution in [3.05, 3.63) is 70.1 Å². The Bertz CT molecular complexity index is 1400. The molecule has 3 heterocycles. The summed E-state index contributed by atoms with van der Waals surface area (Å²) in [6.45, 7) is 1.73. The lowest BCUT2D eigenvalue weighted by Crippen LogP contribution is -2.75. The molecule has 0 bridgehead atoms. The number of hydroxylamine groups is 2. The minimum Gasteiger partial charge on any atom is -0.370 e. The Balaban J connectivity index is 1.45. The standard InChI is InChI=1S/C26H26ClN5O5S/c1-15-24-31(23(34)13-37-32(24)26(36)29-11-16-6-8-18(27)9-7-16)20(10-22(28)33)25(35)30(15)12-17-14-38-21-5-3-2-4-19(17)21/h2-9,14-15,20,24H,10-13H2,1H3,(H2,28,33)(H,29,36)/t15-,20-,24-/m0/s1. The van der Waals surface area contributed by atoms with Crippen LogP contribution in [0.4, 0.5) is 4.79 Å². The van der Waals surface area contributed by atoms with Crippen LogP contribution in [0, 0.1) is 0 Å². The molecule has 5 rings (SSSR count). The summed E-state index contributed by atoms with van der Waals surface area (Å²) >= 11 is 7.51. The normalized spacial score (nSPS) is 21.5. The molecule has 3 atom stereocenters. The smallest absolute Gasteiger partial charge is 0.343 e. The second kappa shape index (κ2) is 10.6. The molecule has 2 aromatic carbocycles. The minimum atomic E-state index is -1.15. The number of fused-ring (bicyclic) bond motifs is 2. The number of nitrogens with one attached hydrogen (secondary N) is 1. The number of primary amides is 1. The van der Waals surface area contributed by atoms with Gasteiger partial charge in [0.15, 0.2) is 12.8 Å². The van der Waals surface area contributed by atoms with Gasteiger partial charge in [-0.3, -0.25) is 19.2 Å². The molecule has 2 saturated heterocycles. The van der Waals surface area contributed by atoms with Gasteiger partial charge >= 0.3 is 6.03 Å². The molecule has 0 aliphatic carbocycles. The molecule has 198 valence electrons. The first kappa shape index (κ1) is 26.0. The lowest BCUT2D eigenvalue weighted by atomic mass is 9.98. The summed E-state index contributed by atoms with van der Waals surface area (Å²) < 4.78 is 1.08. The van der Waals surface area contributed by atoms with Gasteiger partial charge in [0.05, 0.1) is 12.5 Å². The molecule has 2 fully saturated rings. The second-order valence-electron chi connectivity index (χ2n) is 9.25. The highest BCUT2D eigenvalue weighted by Gasteiger charge is 2.53. The largest absolute Gasteiger partial charge is 0.370 e. The number of urea groups is 1. The number of halogens is 1. The highest BCUT2D eigenvalue weighted by molar-refractivity contribution is 7.17. The molecule has 10 nitrogen and oxygen atoms in total. The number of hydrogen-bond acceptors (Lipinski definition) is 6. The monoisotopic (exact) mass is 555 g/mol. The van der Waals surface area contributed by atoms with Crippen LogP contribution in [0.5, 0.6) is 0 Å². The van der Waals surface area contributed by atoms with Crippen molar-refractivity contribution >= 4 is 56.8 Å². The van der Waals surface area contributed by atoms with Crippen molar-refractivity contribution in [2.45, 2.75) is 44.7 Å². The van der Waals surface area contributed by atoms with Gasteiger partial charge in [-0.2, -0.15) is 5.06 Å². The lowest BCUT2D eigenvalue weighted by Gasteiger charge is -2.54. The van der Waals surface area contributed by atoms with E-state index in [1.165, 1.54) is 4.90 Å². The SMILES string of the molecule is C[C@H]1[C@@H]2N(C(=O)NCc3ccc(Cl)cc3)OCC(=O)N2[C@@H](CC(N)=O)C(=O)N1Cc1csc2ccccc12. The summed E-state index contributed by atoms with van der Waals surface area (Å²) in [5.74, 6) is -1.63. The van der Waals surface area contributed by atoms with Crippen molar-refractivity contribution in [1.82, 2.24) is 20.2 Å². The first-order valence-electron chi connectivity index (χ1n) is 12.0. The van der Waals surface area contributed by atoms with Crippen LogP contribution in [0.25, 0.3) is 10.1 Å². The Labute approximate surface area is 227 Å². The van der Waals surface area contributed by atoms with E-state index in [0.717, 1.165) is 26.3 Å². The van der Waals surface area contributed by atoms with Crippen LogP contribution in [0.2, 0.25) is 5.02 Å². The van der Waals surface area contributed by atoms with Gasteiger partial charge in [-0.15, -0.1) is 11.3 Å². The van der Waals surface area contributed by atoms with Crippen molar-refractivity contribution in [1.29, 1.82) is 0 Å². The molecule has 0 spiro atoms. The number of piperazine rings is 1. The number of benzene rings is 2. The average molecular weight is 556 g/mol. The molecule has 3 aromatic rings. The molecule has 0 saturated carbocycles. The molecular formula is C26H26ClN5O5S. The molecule has 12 heteroatoms. The highest BCUT2D eigenvalue weighted by atomic mass is 35.5. The zero-order valence-corrected chi connectivity index (χ0v) is 22.1. The lowest BCUT2D eigenvalue weighted by molar-refractivity contribution is -0.245. The zero-order chi connectivity index (χ0) is 27.0. The van der Waals surface area contributed by atoms with Crippen molar-refractivity contribution in [2.75, 3.05) is 6.61 Å². The summed E-state index contributed by atoms with van der Waals surface area (Å²) in [5, 5.41) is 7.46. The van der Waals surface area contributed by atoms with Crippen LogP contribution in [0.15, 0.2) is 53.9 Å². The highest BCUT2D eigenvalue weighted by Crippen LogP contribution is 2.34. The Morgan fingerprint density at radius 3 is 2.63 bits per heavy atom. The van der Waals surface area contributed by atoms with Crippen LogP contribution in [-0.2, 0) is 32.3 Å². The Morgan fingerprint density at radius 1 is 1.16 bits per heavy atom. The summed E-state index contributed by atoms with van der Waals surface area (Å²) in [7, 11) is 0. The minimum absolute atomic E-state index is 0.194. The van der Waals surface area contributed by atoms with Gasteiger partial charge < -0.3 is 20.9 Å². The molecule has 1 aromatic heterocycles. The number of rotatable bonds is 6. The summed E-state index contributed by atoms with van der Waals surface area (Å²) in [6.07, 6.45) is -1.33. The Kier molecular flexibility index (Phi) is 7.24. The van der Waals surface area contributed by atoms with Crippen LogP contribution in [-0.4, -0.2) is 63.5 Å². The van der Waals surface area contributed by atoms with Crippen LogP contribution in [0.1, 0.15) is 24.5 Å². The van der Waals surface area contributed by atoms with E-state index >= 15 is 0 Å². The van der Waals surface area contributed by atoms with Crippen molar-refractivity contribution in [2.24, 2.45) is 5.73 Å². The third-order valence-electron chi connectivity index (χ3n) is 6.82. The van der Waals surface area contributed by atoms with Gasteiger partial charge in [-0.25, -0.2) is 4.79 Å². The molecule has 2 aliphatic rings. The van der Waals surface area contributed by atoms with Crippen molar-refractivity contribution in [3.63, 3.8) is 0 Å². The zero-order valence-electron chi connectivity index (χ0n) is 20.5. The molecule has 38 heavy (non-hydrogen) atoms. The van der Waals surface area contributed by atoms with E-state index in [1.807, 2.05) is 29.6 Å². The van der Waals surface area contributed by atoms with Gasteiger partial charge in [0.2, 0.25) is 11.8 Å². The van der Waals surface area contributed by atoms with Crippen LogP contribution >= 0.6 is 22.9 Å². The van der Waals surface area contributed by atoms with Gasteiger partial charge in [0, 0.05) is 22.8 Å². The average Bonchev–Trinajstić information content (AvgIpc) is 3.31. The van der Waals surface area contributed by atoms with Crippen molar-refractivity contribution in [3.8, 4) is 0 Å². The van der Waals surface area contributed by atoms with Crippen LogP contribution in [0.3, 0.4) is 0 Å². The predicted molar refractivity (Wildman–Crippen MR) is 142 cm³/mol. The van der Waals surface area contributed by atoms with E-state index in [9.17, 15) is 19.2 Å². The van der Waals surface area contributed by atoms with Gasteiger partial charge in [0.1, 0.15) is 6.04 Å². The second-order valence-corrected chi connectivity index (χ2v) is 10.6. The molecule has 3 N–H and O–H groups in total. The molecule has 2 aliphatic heterocycles. The number of carbonyl (C=O) groups excluding carboxylic acids is 4. The summed E-state index contributed by atoms with van der Waals surface area (Å²) in [5.41, 5.74) is 7.23. The number of nitrogens with two attached hydrogens (primary N) is 1. The first-order chi connectivity index (χ1) is 18.2. The topological polar surface area (TPSA) is 125 Å². The fraction of sp³-hybridized carbons (Fsp3) is 0.308. The maximum Gasteiger partial charge on any atom is 0.343 e. The van der Waals surface area contributed by atoms with Gasteiger partial charge in [-0.05, 0) is 47.0 Å². The maximum absolute atomic E-state index is 13.7. The van der Waals surface area contributed by atoms with E-state index < -0.39 is 48.6 Å². The van der Waals surface area contributed by atoms with Crippen LogP contribution < -0.4 is 11.1 Å². The molecule has 5 amide bonds. The summed E-state index contributed by atoms with van der Waals surface area (Å²) in [6, 6.07) is 12.5. The number of carbonyl (C=O) groups is 4. The van der Waals surface area contributed by atoms with Gasteiger partial charge in [0.25, 0.3) is 5.91 Å². The predicted octanol–water partition coefficient (Wildman–Crippen LogP) is 2.84. The maximum atomic E-state index is 13.7. The Morgan fingerprint density at radius 2 is 1.89 bits per heavy atom. The third-order valence-corrected chi connectivity index (χ3v) is 8.09. The number of hydrogen-bond donors (Lipinski definition) is 2. The molecule has 0 unspecified atom stereocenters. The van der Waals surface area contributed by atoms with Gasteiger partial charge in [-0.1, -0.05) is 41.9 Å². The van der Waals surface area contributed by atoms with E-state index in [4.69, 9.17) is 22.2 Å². The van der Waals surface area contributed by atoms with E-state index in [2.05, 4.69) is 5.32 Å². The fourth-order valence-corrected chi connectivity index (χ4v) is 6.05. The third kappa shape index (κ3) is 4.92. The van der Waals surface area contributed by atoms with Crippen molar-refractivity contribution < 1.29 is 24.0 Å². The van der Waals surface area contributed by atoms with E-state index in [1.54, 1.807) is 47.4 Å². The number of thiophene rings is 1. The number of nitrogens with zero attached hydrogens (tertiary/aromatic N) is 3. The molecular weight excluding hydrogens is 530 g/mol. The summed E-state index contributed by atoms with van der Waals surface area (Å²) in [4.78, 5) is 60.4. The Hall–Kier alpha value is -3.67. The quantitative estimate of drug-likeness (QED) is 0.484. The van der Waals surface area contributed by atoms with E-state index in [0.29, 0.717) is 5.02 Å². The first-order valence-corrected chi connectivity index (χ1v) is 13.3.